The van der Waals surface area contributed by atoms with Crippen molar-refractivity contribution in [2.24, 2.45) is 5.92 Å². The highest BCUT2D eigenvalue weighted by Crippen LogP contribution is 2.31. The number of aromatic nitrogens is 1. The van der Waals surface area contributed by atoms with E-state index in [2.05, 4.69) is 20.9 Å². The highest BCUT2D eigenvalue weighted by molar-refractivity contribution is 5.95. The molecule has 262 valence electrons. The van der Waals surface area contributed by atoms with Crippen LogP contribution in [0.25, 0.3) is 10.9 Å². The van der Waals surface area contributed by atoms with Gasteiger partial charge in [-0.25, -0.2) is 0 Å². The van der Waals surface area contributed by atoms with E-state index in [0.29, 0.717) is 38.6 Å². The van der Waals surface area contributed by atoms with Gasteiger partial charge in [-0.15, -0.1) is 0 Å². The average Bonchev–Trinajstić information content (AvgIpc) is 3.74. The van der Waals surface area contributed by atoms with Crippen molar-refractivity contribution in [3.05, 3.63) is 108 Å². The van der Waals surface area contributed by atoms with Gasteiger partial charge < -0.3 is 30.7 Å². The summed E-state index contributed by atoms with van der Waals surface area (Å²) in [7, 11) is 1.73. The van der Waals surface area contributed by atoms with Gasteiger partial charge in [0, 0.05) is 42.7 Å². The highest BCUT2D eigenvalue weighted by Gasteiger charge is 2.46. The number of benzene rings is 3. The van der Waals surface area contributed by atoms with Crippen LogP contribution in [-0.2, 0) is 25.6 Å². The average molecular weight is 677 g/mol. The van der Waals surface area contributed by atoms with Crippen LogP contribution in [0.2, 0.25) is 0 Å². The Kier molecular flexibility index (Phi) is 11.0. The van der Waals surface area contributed by atoms with Gasteiger partial charge in [-0.05, 0) is 61.4 Å². The molecule has 0 bridgehead atoms. The minimum atomic E-state index is -1.01. The fraction of sp³-hybridized carbons (Fsp3) is 0.400. The van der Waals surface area contributed by atoms with E-state index in [1.54, 1.807) is 16.8 Å². The number of carbonyl (C=O) groups excluding carboxylic acids is 4. The van der Waals surface area contributed by atoms with Crippen molar-refractivity contribution in [1.82, 2.24) is 30.7 Å². The fourth-order valence-corrected chi connectivity index (χ4v) is 7.45. The zero-order valence-electron chi connectivity index (χ0n) is 29.1. The summed E-state index contributed by atoms with van der Waals surface area (Å²) >= 11 is 0. The van der Waals surface area contributed by atoms with E-state index in [1.807, 2.05) is 105 Å². The van der Waals surface area contributed by atoms with Crippen molar-refractivity contribution in [2.45, 2.75) is 76.2 Å². The lowest BCUT2D eigenvalue weighted by atomic mass is 9.98. The summed E-state index contributed by atoms with van der Waals surface area (Å²) in [5, 5.41) is 10.4. The van der Waals surface area contributed by atoms with E-state index in [9.17, 15) is 19.2 Å². The number of aromatic amines is 1. The molecule has 2 fully saturated rings. The summed E-state index contributed by atoms with van der Waals surface area (Å²) in [5.41, 5.74) is 3.85. The third-order valence-electron chi connectivity index (χ3n) is 10.1. The Morgan fingerprint density at radius 1 is 0.880 bits per heavy atom. The molecule has 6 rings (SSSR count). The summed E-state index contributed by atoms with van der Waals surface area (Å²) in [6.45, 7) is 4.49. The van der Waals surface area contributed by atoms with E-state index in [1.165, 1.54) is 0 Å². The number of para-hydroxylation sites is 1. The molecule has 4 atom stereocenters. The standard InChI is InChI=1S/C40H48N6O4/c1-26(2)22-36(47)45-21-20-30-18-19-35(39(49)44-37(27-12-6-4-7-13-27)28-14-8-5-9-15-28)46(30)40(50)34(25-45)43-38(48)33(41-3)23-29-24-42-32-17-11-10-16-31(29)32/h4-17,24,26,30,33-35,37,41-42H,18-23,25H2,1-3H3,(H,43,48)(H,44,49)/t30-,33+,34+,35+/m1/s1. The normalized spacial score (nSPS) is 20.0. The van der Waals surface area contributed by atoms with Gasteiger partial charge in [-0.2, -0.15) is 0 Å². The maximum atomic E-state index is 14.6. The smallest absolute Gasteiger partial charge is 0.247 e. The van der Waals surface area contributed by atoms with Crippen LogP contribution >= 0.6 is 0 Å². The molecule has 4 N–H and O–H groups in total. The van der Waals surface area contributed by atoms with Gasteiger partial charge in [-0.3, -0.25) is 19.2 Å². The van der Waals surface area contributed by atoms with E-state index in [4.69, 9.17) is 0 Å². The Morgan fingerprint density at radius 3 is 2.20 bits per heavy atom. The van der Waals surface area contributed by atoms with Gasteiger partial charge in [0.1, 0.15) is 12.1 Å². The molecule has 1 aromatic heterocycles. The van der Waals surface area contributed by atoms with Gasteiger partial charge in [0.2, 0.25) is 23.6 Å². The van der Waals surface area contributed by atoms with Gasteiger partial charge in [-0.1, -0.05) is 92.7 Å². The second-order valence-electron chi connectivity index (χ2n) is 13.9. The Morgan fingerprint density at radius 2 is 1.54 bits per heavy atom. The van der Waals surface area contributed by atoms with Gasteiger partial charge in [0.15, 0.2) is 0 Å². The van der Waals surface area contributed by atoms with Crippen LogP contribution in [0.3, 0.4) is 0 Å². The van der Waals surface area contributed by atoms with Crippen LogP contribution in [0.1, 0.15) is 62.3 Å². The van der Waals surface area contributed by atoms with Gasteiger partial charge in [0.25, 0.3) is 0 Å². The minimum absolute atomic E-state index is 0.0367. The number of nitrogens with zero attached hydrogens (tertiary/aromatic N) is 2. The number of amides is 4. The second-order valence-corrected chi connectivity index (χ2v) is 13.9. The molecule has 2 aliphatic rings. The fourth-order valence-electron chi connectivity index (χ4n) is 7.45. The first-order valence-electron chi connectivity index (χ1n) is 17.8. The zero-order chi connectivity index (χ0) is 35.2. The number of nitrogens with one attached hydrogen (secondary N) is 4. The molecule has 2 saturated heterocycles. The largest absolute Gasteiger partial charge is 0.361 e. The lowest BCUT2D eigenvalue weighted by Gasteiger charge is -2.39. The summed E-state index contributed by atoms with van der Waals surface area (Å²) < 4.78 is 0. The number of H-pyrrole nitrogens is 1. The van der Waals surface area contributed by atoms with Crippen LogP contribution in [-0.4, -0.2) is 82.7 Å². The Labute approximate surface area is 294 Å². The van der Waals surface area contributed by atoms with E-state index < -0.39 is 24.2 Å². The van der Waals surface area contributed by atoms with E-state index in [0.717, 1.165) is 27.6 Å². The molecule has 0 saturated carbocycles. The van der Waals surface area contributed by atoms with E-state index >= 15 is 0 Å². The molecule has 0 unspecified atom stereocenters. The highest BCUT2D eigenvalue weighted by atomic mass is 16.2. The Bertz CT molecular complexity index is 1750. The number of hydrogen-bond donors (Lipinski definition) is 4. The zero-order valence-corrected chi connectivity index (χ0v) is 29.1. The number of hydrogen-bond acceptors (Lipinski definition) is 5. The summed E-state index contributed by atoms with van der Waals surface area (Å²) in [6, 6.07) is 24.6. The molecule has 2 aliphatic heterocycles. The van der Waals surface area contributed by atoms with Crippen molar-refractivity contribution in [3.8, 4) is 0 Å². The van der Waals surface area contributed by atoms with Gasteiger partial charge >= 0.3 is 0 Å². The van der Waals surface area contributed by atoms with Crippen LogP contribution in [0, 0.1) is 5.92 Å². The van der Waals surface area contributed by atoms with Crippen LogP contribution in [0.4, 0.5) is 0 Å². The quantitative estimate of drug-likeness (QED) is 0.188. The predicted octanol–water partition coefficient (Wildman–Crippen LogP) is 4.33. The maximum Gasteiger partial charge on any atom is 0.247 e. The Hall–Kier alpha value is -4.96. The van der Waals surface area contributed by atoms with Crippen molar-refractivity contribution in [3.63, 3.8) is 0 Å². The molecule has 50 heavy (non-hydrogen) atoms. The number of likely N-dealkylation sites (N-methyl/N-ethyl adjacent to an activating group) is 1. The van der Waals surface area contributed by atoms with Crippen molar-refractivity contribution < 1.29 is 19.2 Å². The molecule has 0 radical (unpaired) electrons. The summed E-state index contributed by atoms with van der Waals surface area (Å²) in [5.74, 6) is -0.784. The van der Waals surface area contributed by atoms with Crippen molar-refractivity contribution in [1.29, 1.82) is 0 Å². The molecule has 3 aromatic carbocycles. The SMILES string of the molecule is CN[C@@H](Cc1c[nH]c2ccccc12)C(=O)N[C@H]1CN(C(=O)CC(C)C)CC[C@H]2CC[C@@H](C(=O)NC(c3ccccc3)c3ccccc3)N2C1=O. The van der Waals surface area contributed by atoms with Crippen LogP contribution < -0.4 is 16.0 Å². The molecule has 0 aliphatic carbocycles. The minimum Gasteiger partial charge on any atom is -0.361 e. The lowest BCUT2D eigenvalue weighted by Crippen LogP contribution is -2.62. The van der Waals surface area contributed by atoms with Crippen LogP contribution in [0.15, 0.2) is 91.1 Å². The molecule has 4 amide bonds. The molecular formula is C40H48N6O4. The molecule has 10 heteroatoms. The molecule has 3 heterocycles. The molecular weight excluding hydrogens is 628 g/mol. The maximum absolute atomic E-state index is 14.6. The number of fused-ring (bicyclic) bond motifs is 2. The first-order chi connectivity index (χ1) is 24.2. The summed E-state index contributed by atoms with van der Waals surface area (Å²) in [4.78, 5) is 62.8. The number of carbonyl (C=O) groups is 4. The summed E-state index contributed by atoms with van der Waals surface area (Å²) in [6.07, 6.45) is 4.37. The predicted molar refractivity (Wildman–Crippen MR) is 194 cm³/mol. The van der Waals surface area contributed by atoms with E-state index in [-0.39, 0.29) is 42.1 Å². The van der Waals surface area contributed by atoms with Gasteiger partial charge in [0.05, 0.1) is 12.1 Å². The molecule has 4 aromatic rings. The third-order valence-corrected chi connectivity index (χ3v) is 10.1. The monoisotopic (exact) mass is 676 g/mol. The first-order valence-corrected chi connectivity index (χ1v) is 17.8. The topological polar surface area (TPSA) is 127 Å². The molecule has 10 nitrogen and oxygen atoms in total. The number of rotatable bonds is 11. The Balaban J connectivity index is 1.25. The van der Waals surface area contributed by atoms with Crippen LogP contribution in [0.5, 0.6) is 0 Å². The molecule has 0 spiro atoms. The van der Waals surface area contributed by atoms with Crippen molar-refractivity contribution in [2.75, 3.05) is 20.1 Å². The second kappa shape index (κ2) is 15.7. The third kappa shape index (κ3) is 7.75. The van der Waals surface area contributed by atoms with Crippen molar-refractivity contribution >= 4 is 34.5 Å². The first kappa shape index (κ1) is 34.9. The lowest BCUT2D eigenvalue weighted by molar-refractivity contribution is -0.147.